The van der Waals surface area contributed by atoms with Gasteiger partial charge in [-0.3, -0.25) is 4.79 Å². The summed E-state index contributed by atoms with van der Waals surface area (Å²) in [5.74, 6) is 0.737. The van der Waals surface area contributed by atoms with Gasteiger partial charge in [-0.05, 0) is 47.2 Å². The summed E-state index contributed by atoms with van der Waals surface area (Å²) in [5.41, 5.74) is 2.67. The van der Waals surface area contributed by atoms with Crippen LogP contribution in [0.4, 0.5) is 13.2 Å². The quantitative estimate of drug-likeness (QED) is 0.291. The lowest BCUT2D eigenvalue weighted by atomic mass is 9.91. The second-order valence-corrected chi connectivity index (χ2v) is 9.72. The highest BCUT2D eigenvalue weighted by molar-refractivity contribution is 5.76. The standard InChI is InChI=1S/C29H23F3N2O5/c1-15-33-28(34-39-15)17-4-2-16(3-5-17)27-22-9-11-24(21(22)8-10-23(27)29(30,31)32)38-19-6-7-20-18(12-26(35)36)14-37-25(20)13-19/h2-8,10,13,18,24H,9,11-12,14H2,1H3,(H,35,36)/t18-,24-/m1/s1. The molecule has 3 aromatic carbocycles. The third-order valence-electron chi connectivity index (χ3n) is 7.18. The van der Waals surface area contributed by atoms with Crippen LogP contribution in [0.5, 0.6) is 11.5 Å². The summed E-state index contributed by atoms with van der Waals surface area (Å²) in [7, 11) is 0. The van der Waals surface area contributed by atoms with Crippen molar-refractivity contribution in [2.75, 3.05) is 6.61 Å². The zero-order valence-corrected chi connectivity index (χ0v) is 20.8. The molecule has 0 radical (unpaired) electrons. The minimum Gasteiger partial charge on any atom is -0.492 e. The lowest BCUT2D eigenvalue weighted by Crippen LogP contribution is -2.10. The lowest BCUT2D eigenvalue weighted by molar-refractivity contribution is -0.138. The highest BCUT2D eigenvalue weighted by atomic mass is 19.4. The van der Waals surface area contributed by atoms with E-state index in [1.807, 2.05) is 0 Å². The predicted molar refractivity (Wildman–Crippen MR) is 134 cm³/mol. The fourth-order valence-corrected chi connectivity index (χ4v) is 5.43. The Morgan fingerprint density at radius 1 is 1.08 bits per heavy atom. The van der Waals surface area contributed by atoms with Crippen molar-refractivity contribution < 1.29 is 37.1 Å². The Balaban J connectivity index is 1.32. The number of hydrogen-bond acceptors (Lipinski definition) is 6. The van der Waals surface area contributed by atoms with Gasteiger partial charge in [0.1, 0.15) is 17.6 Å². The monoisotopic (exact) mass is 536 g/mol. The van der Waals surface area contributed by atoms with Gasteiger partial charge in [0.15, 0.2) is 0 Å². The van der Waals surface area contributed by atoms with Gasteiger partial charge in [0.2, 0.25) is 11.7 Å². The van der Waals surface area contributed by atoms with E-state index in [0.717, 1.165) is 11.6 Å². The number of halogens is 3. The van der Waals surface area contributed by atoms with Gasteiger partial charge in [-0.15, -0.1) is 0 Å². The molecule has 2 aliphatic rings. The molecule has 0 amide bonds. The SMILES string of the molecule is Cc1nc(-c2ccc(-c3c(C(F)(F)F)ccc4c3CC[C@H]4Oc3ccc4c(c3)OC[C@H]4CC(=O)O)cc2)no1. The first-order valence-corrected chi connectivity index (χ1v) is 12.5. The Morgan fingerprint density at radius 2 is 1.82 bits per heavy atom. The molecule has 39 heavy (non-hydrogen) atoms. The van der Waals surface area contributed by atoms with E-state index in [2.05, 4.69) is 10.1 Å². The van der Waals surface area contributed by atoms with Crippen molar-refractivity contribution in [3.8, 4) is 34.0 Å². The van der Waals surface area contributed by atoms with Crippen LogP contribution in [0.15, 0.2) is 59.1 Å². The summed E-state index contributed by atoms with van der Waals surface area (Å²) < 4.78 is 59.3. The number of carboxylic acid groups (broad SMARTS) is 1. The van der Waals surface area contributed by atoms with Gasteiger partial charge in [-0.1, -0.05) is 41.6 Å². The molecule has 0 saturated heterocycles. The number of carboxylic acids is 1. The van der Waals surface area contributed by atoms with E-state index in [-0.39, 0.29) is 24.5 Å². The average Bonchev–Trinajstić information content (AvgIpc) is 3.62. The number of carbonyl (C=O) groups is 1. The Bertz CT molecular complexity index is 1560. The molecule has 0 fully saturated rings. The first kappa shape index (κ1) is 25.0. The predicted octanol–water partition coefficient (Wildman–Crippen LogP) is 6.75. The molecule has 4 aromatic rings. The second-order valence-electron chi connectivity index (χ2n) is 9.72. The van der Waals surface area contributed by atoms with Crippen LogP contribution in [-0.2, 0) is 17.4 Å². The number of rotatable bonds is 6. The van der Waals surface area contributed by atoms with Crippen LogP contribution in [0.25, 0.3) is 22.5 Å². The van der Waals surface area contributed by atoms with Crippen molar-refractivity contribution in [1.29, 1.82) is 0 Å². The second kappa shape index (κ2) is 9.44. The number of aryl methyl sites for hydroxylation is 1. The minimum atomic E-state index is -4.53. The third kappa shape index (κ3) is 4.71. The Kier molecular flexibility index (Phi) is 6.05. The number of alkyl halides is 3. The van der Waals surface area contributed by atoms with E-state index in [4.69, 9.17) is 19.1 Å². The lowest BCUT2D eigenvalue weighted by Gasteiger charge is -2.20. The number of fused-ring (bicyclic) bond motifs is 2. The molecule has 1 aromatic heterocycles. The normalized spacial score (nSPS) is 17.9. The summed E-state index contributed by atoms with van der Waals surface area (Å²) in [5, 5.41) is 13.0. The van der Waals surface area contributed by atoms with Crippen LogP contribution in [0, 0.1) is 6.92 Å². The van der Waals surface area contributed by atoms with Crippen LogP contribution in [0.1, 0.15) is 53.0 Å². The number of ether oxygens (including phenoxy) is 2. The molecular formula is C29H23F3N2O5. The van der Waals surface area contributed by atoms with Crippen LogP contribution in [0.3, 0.4) is 0 Å². The molecule has 1 aliphatic carbocycles. The van der Waals surface area contributed by atoms with E-state index < -0.39 is 23.8 Å². The third-order valence-corrected chi connectivity index (χ3v) is 7.18. The van der Waals surface area contributed by atoms with Crippen molar-refractivity contribution in [2.45, 2.75) is 44.4 Å². The molecule has 6 rings (SSSR count). The van der Waals surface area contributed by atoms with Gasteiger partial charge in [0.25, 0.3) is 0 Å². The van der Waals surface area contributed by atoms with Gasteiger partial charge in [-0.2, -0.15) is 18.2 Å². The molecule has 2 atom stereocenters. The Labute approximate surface area is 221 Å². The molecule has 0 bridgehead atoms. The van der Waals surface area contributed by atoms with E-state index >= 15 is 0 Å². The summed E-state index contributed by atoms with van der Waals surface area (Å²) in [4.78, 5) is 15.3. The van der Waals surface area contributed by atoms with Gasteiger partial charge in [0.05, 0.1) is 18.6 Å². The molecule has 200 valence electrons. The van der Waals surface area contributed by atoms with Crippen molar-refractivity contribution >= 4 is 5.97 Å². The zero-order chi connectivity index (χ0) is 27.3. The first-order chi connectivity index (χ1) is 18.7. The van der Waals surface area contributed by atoms with E-state index in [0.29, 0.717) is 58.3 Å². The summed E-state index contributed by atoms with van der Waals surface area (Å²) in [6.45, 7) is 1.95. The molecule has 0 spiro atoms. The molecule has 0 saturated carbocycles. The van der Waals surface area contributed by atoms with E-state index in [9.17, 15) is 18.0 Å². The highest BCUT2D eigenvalue weighted by Gasteiger charge is 2.38. The number of hydrogen-bond donors (Lipinski definition) is 1. The average molecular weight is 537 g/mol. The van der Waals surface area contributed by atoms with Crippen molar-refractivity contribution in [3.05, 3.63) is 82.7 Å². The molecule has 2 heterocycles. The highest BCUT2D eigenvalue weighted by Crippen LogP contribution is 2.47. The van der Waals surface area contributed by atoms with Gasteiger partial charge >= 0.3 is 12.1 Å². The molecule has 10 heteroatoms. The maximum absolute atomic E-state index is 14.1. The van der Waals surface area contributed by atoms with Crippen molar-refractivity contribution in [3.63, 3.8) is 0 Å². The summed E-state index contributed by atoms with van der Waals surface area (Å²) in [6.07, 6.45) is -4.05. The number of aromatic nitrogens is 2. The van der Waals surface area contributed by atoms with Crippen LogP contribution >= 0.6 is 0 Å². The molecular weight excluding hydrogens is 513 g/mol. The van der Waals surface area contributed by atoms with Crippen molar-refractivity contribution in [1.82, 2.24) is 10.1 Å². The summed E-state index contributed by atoms with van der Waals surface area (Å²) >= 11 is 0. The van der Waals surface area contributed by atoms with Gasteiger partial charge in [0, 0.05) is 30.0 Å². The number of aliphatic carboxylic acids is 1. The Hall–Kier alpha value is -4.34. The van der Waals surface area contributed by atoms with Crippen LogP contribution < -0.4 is 9.47 Å². The largest absolute Gasteiger partial charge is 0.492 e. The van der Waals surface area contributed by atoms with Crippen molar-refractivity contribution in [2.24, 2.45) is 0 Å². The van der Waals surface area contributed by atoms with Crippen LogP contribution in [-0.4, -0.2) is 27.8 Å². The Morgan fingerprint density at radius 3 is 2.51 bits per heavy atom. The first-order valence-electron chi connectivity index (χ1n) is 12.5. The smallest absolute Gasteiger partial charge is 0.417 e. The molecule has 1 N–H and O–H groups in total. The maximum atomic E-state index is 14.1. The summed E-state index contributed by atoms with van der Waals surface area (Å²) in [6, 6.07) is 14.6. The van der Waals surface area contributed by atoms with Gasteiger partial charge < -0.3 is 19.1 Å². The fraction of sp³-hybridized carbons (Fsp3) is 0.276. The fourth-order valence-electron chi connectivity index (χ4n) is 5.43. The maximum Gasteiger partial charge on any atom is 0.417 e. The van der Waals surface area contributed by atoms with E-state index in [1.165, 1.54) is 6.07 Å². The number of benzene rings is 3. The zero-order valence-electron chi connectivity index (χ0n) is 20.8. The minimum absolute atomic E-state index is 0.0246. The molecule has 0 unspecified atom stereocenters. The molecule has 7 nitrogen and oxygen atoms in total. The van der Waals surface area contributed by atoms with Gasteiger partial charge in [-0.25, -0.2) is 0 Å². The van der Waals surface area contributed by atoms with E-state index in [1.54, 1.807) is 49.4 Å². The molecule has 1 aliphatic heterocycles. The van der Waals surface area contributed by atoms with Crippen LogP contribution in [0.2, 0.25) is 0 Å². The number of nitrogens with zero attached hydrogens (tertiary/aromatic N) is 2. The topological polar surface area (TPSA) is 94.7 Å².